The molecule has 2 nitrogen and oxygen atoms in total. The maximum absolute atomic E-state index is 11.1. The van der Waals surface area contributed by atoms with E-state index >= 15 is 0 Å². The number of benzene rings is 1. The van der Waals surface area contributed by atoms with Gasteiger partial charge < -0.3 is 5.32 Å². The molecule has 15 heavy (non-hydrogen) atoms. The van der Waals surface area contributed by atoms with Gasteiger partial charge in [0.2, 0.25) is 0 Å². The average Bonchev–Trinajstić information content (AvgIpc) is 2.49. The topological polar surface area (TPSA) is 29.1 Å². The smallest absolute Gasteiger partial charge is 0.289 e. The van der Waals surface area contributed by atoms with Crippen molar-refractivity contribution in [3.8, 4) is 0 Å². The lowest BCUT2D eigenvalue weighted by Gasteiger charge is -1.98. The van der Waals surface area contributed by atoms with Crippen molar-refractivity contribution < 1.29 is 4.79 Å². The summed E-state index contributed by atoms with van der Waals surface area (Å²) in [6.07, 6.45) is 1.90. The van der Waals surface area contributed by atoms with E-state index in [1.54, 1.807) is 0 Å². The molecule has 0 aromatic heterocycles. The van der Waals surface area contributed by atoms with Gasteiger partial charge in [-0.25, -0.2) is 0 Å². The van der Waals surface area contributed by atoms with Crippen LogP contribution >= 0.6 is 39.9 Å². The summed E-state index contributed by atoms with van der Waals surface area (Å²) in [5.74, 6) is 0. The fourth-order valence-electron chi connectivity index (χ4n) is 1.15. The SMILES string of the molecule is O=C1NC(=S)/C(=C\c2ccccc2Br)S1. The fourth-order valence-corrected chi connectivity index (χ4v) is 2.58. The molecular weight excluding hydrogens is 294 g/mol. The molecule has 0 unspecified atom stereocenters. The van der Waals surface area contributed by atoms with Crippen molar-refractivity contribution in [1.82, 2.24) is 5.32 Å². The lowest BCUT2D eigenvalue weighted by molar-refractivity contribution is 0.265. The summed E-state index contributed by atoms with van der Waals surface area (Å²) < 4.78 is 0.986. The minimum absolute atomic E-state index is 0.113. The summed E-state index contributed by atoms with van der Waals surface area (Å²) in [5.41, 5.74) is 1.01. The molecule has 1 aliphatic rings. The number of nitrogens with one attached hydrogen (secondary N) is 1. The van der Waals surface area contributed by atoms with Crippen LogP contribution in [0.1, 0.15) is 5.56 Å². The fraction of sp³-hybridized carbons (Fsp3) is 0. The Morgan fingerprint density at radius 2 is 2.13 bits per heavy atom. The third-order valence-electron chi connectivity index (χ3n) is 1.83. The van der Waals surface area contributed by atoms with Crippen LogP contribution in [0.15, 0.2) is 33.6 Å². The van der Waals surface area contributed by atoms with Gasteiger partial charge in [0.25, 0.3) is 5.24 Å². The predicted molar refractivity (Wildman–Crippen MR) is 70.8 cm³/mol. The summed E-state index contributed by atoms with van der Waals surface area (Å²) in [4.78, 5) is 12.3. The van der Waals surface area contributed by atoms with Crippen molar-refractivity contribution in [3.05, 3.63) is 39.2 Å². The van der Waals surface area contributed by atoms with Gasteiger partial charge in [-0.3, -0.25) is 4.79 Å². The number of amides is 1. The Hall–Kier alpha value is -0.650. The van der Waals surface area contributed by atoms with Crippen molar-refractivity contribution in [2.45, 2.75) is 0 Å². The Morgan fingerprint density at radius 3 is 2.73 bits per heavy atom. The average molecular weight is 300 g/mol. The zero-order valence-electron chi connectivity index (χ0n) is 7.49. The van der Waals surface area contributed by atoms with Crippen LogP contribution in [0.4, 0.5) is 4.79 Å². The maximum atomic E-state index is 11.1. The van der Waals surface area contributed by atoms with Gasteiger partial charge in [0.1, 0.15) is 4.99 Å². The van der Waals surface area contributed by atoms with E-state index in [9.17, 15) is 4.79 Å². The number of halogens is 1. The lowest BCUT2D eigenvalue weighted by Crippen LogP contribution is -2.15. The molecule has 0 radical (unpaired) electrons. The van der Waals surface area contributed by atoms with Crippen LogP contribution in [0, 0.1) is 0 Å². The zero-order chi connectivity index (χ0) is 10.8. The van der Waals surface area contributed by atoms with Crippen molar-refractivity contribution in [3.63, 3.8) is 0 Å². The van der Waals surface area contributed by atoms with Crippen LogP contribution in [0.3, 0.4) is 0 Å². The Bertz CT molecular complexity index is 470. The van der Waals surface area contributed by atoms with Gasteiger partial charge in [0.05, 0.1) is 4.91 Å². The maximum Gasteiger partial charge on any atom is 0.289 e. The summed E-state index contributed by atoms with van der Waals surface area (Å²) in [7, 11) is 0. The summed E-state index contributed by atoms with van der Waals surface area (Å²) in [6, 6.07) is 7.79. The number of hydrogen-bond acceptors (Lipinski definition) is 3. The molecule has 1 saturated heterocycles. The molecule has 5 heteroatoms. The van der Waals surface area contributed by atoms with Crippen molar-refractivity contribution >= 4 is 56.2 Å². The first kappa shape index (κ1) is 10.9. The molecule has 0 spiro atoms. The Labute approximate surface area is 105 Å². The highest BCUT2D eigenvalue weighted by molar-refractivity contribution is 9.10. The van der Waals surface area contributed by atoms with E-state index in [4.69, 9.17) is 12.2 Å². The van der Waals surface area contributed by atoms with Gasteiger partial charge in [-0.1, -0.05) is 46.3 Å². The quantitative estimate of drug-likeness (QED) is 0.635. The number of thioether (sulfide) groups is 1. The number of thiocarbonyl (C=S) groups is 1. The largest absolute Gasteiger partial charge is 0.307 e. The summed E-state index contributed by atoms with van der Waals surface area (Å²) in [6.45, 7) is 0. The molecule has 1 aliphatic heterocycles. The lowest BCUT2D eigenvalue weighted by atomic mass is 10.2. The third-order valence-corrected chi connectivity index (χ3v) is 3.84. The molecular formula is C10H6BrNOS2. The normalized spacial score (nSPS) is 18.3. The molecule has 0 atom stereocenters. The minimum Gasteiger partial charge on any atom is -0.307 e. The highest BCUT2D eigenvalue weighted by atomic mass is 79.9. The first-order valence-electron chi connectivity index (χ1n) is 4.16. The molecule has 1 aromatic rings. The van der Waals surface area contributed by atoms with Crippen LogP contribution in [-0.4, -0.2) is 10.2 Å². The monoisotopic (exact) mass is 299 g/mol. The van der Waals surface area contributed by atoms with Gasteiger partial charge in [0.15, 0.2) is 0 Å². The van der Waals surface area contributed by atoms with E-state index in [0.29, 0.717) is 4.99 Å². The van der Waals surface area contributed by atoms with Crippen molar-refractivity contribution in [2.75, 3.05) is 0 Å². The number of carbonyl (C=O) groups excluding carboxylic acids is 1. The standard InChI is InChI=1S/C10H6BrNOS2/c11-7-4-2-1-3-6(7)5-8-9(14)12-10(13)15-8/h1-5H,(H,12,13,14)/b8-5+. The molecule has 1 heterocycles. The molecule has 2 rings (SSSR count). The van der Waals surface area contributed by atoms with Gasteiger partial charge in [-0.15, -0.1) is 0 Å². The highest BCUT2D eigenvalue weighted by Gasteiger charge is 2.21. The highest BCUT2D eigenvalue weighted by Crippen LogP contribution is 2.28. The van der Waals surface area contributed by atoms with Crippen molar-refractivity contribution in [1.29, 1.82) is 0 Å². The zero-order valence-corrected chi connectivity index (χ0v) is 10.7. The molecule has 1 aromatic carbocycles. The van der Waals surface area contributed by atoms with Crippen LogP contribution in [0.25, 0.3) is 6.08 Å². The van der Waals surface area contributed by atoms with Crippen LogP contribution in [-0.2, 0) is 0 Å². The van der Waals surface area contributed by atoms with E-state index in [-0.39, 0.29) is 5.24 Å². The first-order chi connectivity index (χ1) is 7.16. The predicted octanol–water partition coefficient (Wildman–Crippen LogP) is 3.57. The second-order valence-corrected chi connectivity index (χ2v) is 5.15. The van der Waals surface area contributed by atoms with Crippen LogP contribution < -0.4 is 5.32 Å². The Kier molecular flexibility index (Phi) is 3.23. The minimum atomic E-state index is -0.113. The number of hydrogen-bond donors (Lipinski definition) is 1. The molecule has 1 N–H and O–H groups in total. The molecule has 1 fully saturated rings. The van der Waals surface area contributed by atoms with E-state index in [1.807, 2.05) is 30.3 Å². The van der Waals surface area contributed by atoms with Gasteiger partial charge in [0, 0.05) is 4.47 Å². The number of carbonyl (C=O) groups is 1. The van der Waals surface area contributed by atoms with Crippen LogP contribution in [0.2, 0.25) is 0 Å². The van der Waals surface area contributed by atoms with E-state index in [2.05, 4.69) is 21.2 Å². The van der Waals surface area contributed by atoms with Crippen LogP contribution in [0.5, 0.6) is 0 Å². The molecule has 0 aliphatic carbocycles. The van der Waals surface area contributed by atoms with Gasteiger partial charge in [-0.05, 0) is 29.5 Å². The van der Waals surface area contributed by atoms with E-state index < -0.39 is 0 Å². The third kappa shape index (κ3) is 2.48. The molecule has 0 saturated carbocycles. The van der Waals surface area contributed by atoms with Gasteiger partial charge >= 0.3 is 0 Å². The number of rotatable bonds is 1. The van der Waals surface area contributed by atoms with E-state index in [1.165, 1.54) is 0 Å². The second-order valence-electron chi connectivity index (χ2n) is 2.87. The Balaban J connectivity index is 2.35. The second kappa shape index (κ2) is 4.47. The summed E-state index contributed by atoms with van der Waals surface area (Å²) in [5, 5.41) is 2.47. The van der Waals surface area contributed by atoms with E-state index in [0.717, 1.165) is 26.7 Å². The van der Waals surface area contributed by atoms with Crippen molar-refractivity contribution in [2.24, 2.45) is 0 Å². The first-order valence-corrected chi connectivity index (χ1v) is 6.18. The van der Waals surface area contributed by atoms with Gasteiger partial charge in [-0.2, -0.15) is 0 Å². The molecule has 76 valence electrons. The molecule has 1 amide bonds. The Morgan fingerprint density at radius 1 is 1.40 bits per heavy atom. The molecule has 0 bridgehead atoms. The summed E-state index contributed by atoms with van der Waals surface area (Å²) >= 11 is 9.59.